The van der Waals surface area contributed by atoms with Crippen LogP contribution in [0.25, 0.3) is 28.1 Å². The second-order valence-electron chi connectivity index (χ2n) is 8.53. The van der Waals surface area contributed by atoms with Crippen molar-refractivity contribution in [1.29, 1.82) is 0 Å². The van der Waals surface area contributed by atoms with Gasteiger partial charge in [0.1, 0.15) is 11.1 Å². The number of nitrogens with zero attached hydrogens (tertiary/aromatic N) is 2. The van der Waals surface area contributed by atoms with E-state index in [-0.39, 0.29) is 11.7 Å². The molecular formula is C24H24F2N2O3. The van der Waals surface area contributed by atoms with Crippen LogP contribution in [0, 0.1) is 0 Å². The predicted molar refractivity (Wildman–Crippen MR) is 115 cm³/mol. The highest BCUT2D eigenvalue weighted by molar-refractivity contribution is 5.82. The number of oxazole rings is 1. The number of halogens is 2. The molecule has 162 valence electrons. The number of fused-ring (bicyclic) bond motifs is 1. The number of amides is 1. The third kappa shape index (κ3) is 4.76. The molecule has 0 radical (unpaired) electrons. The lowest BCUT2D eigenvalue weighted by atomic mass is 9.99. The van der Waals surface area contributed by atoms with Crippen LogP contribution in [0.2, 0.25) is 0 Å². The first-order valence-electron chi connectivity index (χ1n) is 10.2. The molecule has 31 heavy (non-hydrogen) atoms. The summed E-state index contributed by atoms with van der Waals surface area (Å²) in [6.45, 7) is 6.62. The van der Waals surface area contributed by atoms with E-state index in [2.05, 4.69) is 4.98 Å². The smallest absolute Gasteiger partial charge is 0.410 e. The summed E-state index contributed by atoms with van der Waals surface area (Å²) in [5.41, 5.74) is 3.55. The maximum absolute atomic E-state index is 12.8. The topological polar surface area (TPSA) is 55.6 Å². The van der Waals surface area contributed by atoms with Crippen molar-refractivity contribution in [2.45, 2.75) is 39.2 Å². The van der Waals surface area contributed by atoms with E-state index in [4.69, 9.17) is 9.15 Å². The maximum atomic E-state index is 12.8. The molecule has 1 aliphatic heterocycles. The highest BCUT2D eigenvalue weighted by atomic mass is 19.3. The molecule has 2 aromatic carbocycles. The number of carbonyl (C=O) groups is 1. The minimum absolute atomic E-state index is 0.0354. The maximum Gasteiger partial charge on any atom is 0.410 e. The van der Waals surface area contributed by atoms with Crippen molar-refractivity contribution >= 4 is 22.8 Å². The first-order valence-corrected chi connectivity index (χ1v) is 10.2. The summed E-state index contributed by atoms with van der Waals surface area (Å²) >= 11 is 0. The fourth-order valence-electron chi connectivity index (χ4n) is 3.44. The fourth-order valence-corrected chi connectivity index (χ4v) is 3.44. The van der Waals surface area contributed by atoms with E-state index in [1.54, 1.807) is 17.0 Å². The average Bonchev–Trinajstić information content (AvgIpc) is 3.16. The second-order valence-corrected chi connectivity index (χ2v) is 8.53. The van der Waals surface area contributed by atoms with Gasteiger partial charge in [0.15, 0.2) is 5.58 Å². The number of aromatic nitrogens is 1. The molecule has 3 aromatic rings. The molecule has 0 bridgehead atoms. The number of hydrogen-bond donors (Lipinski definition) is 0. The molecule has 0 fully saturated rings. The van der Waals surface area contributed by atoms with Gasteiger partial charge in [-0.05, 0) is 62.6 Å². The van der Waals surface area contributed by atoms with Gasteiger partial charge in [0.25, 0.3) is 6.43 Å². The van der Waals surface area contributed by atoms with Gasteiger partial charge in [-0.25, -0.2) is 18.6 Å². The zero-order chi connectivity index (χ0) is 22.2. The molecule has 0 aliphatic carbocycles. The summed E-state index contributed by atoms with van der Waals surface area (Å²) in [6, 6.07) is 11.7. The van der Waals surface area contributed by atoms with Crippen molar-refractivity contribution in [3.63, 3.8) is 0 Å². The molecule has 0 saturated heterocycles. The van der Waals surface area contributed by atoms with Crippen molar-refractivity contribution in [3.05, 3.63) is 59.7 Å². The van der Waals surface area contributed by atoms with E-state index >= 15 is 0 Å². The summed E-state index contributed by atoms with van der Waals surface area (Å²) in [5.74, 6) is 0.390. The van der Waals surface area contributed by atoms with Crippen molar-refractivity contribution in [3.8, 4) is 11.5 Å². The van der Waals surface area contributed by atoms with Crippen LogP contribution >= 0.6 is 0 Å². The second kappa shape index (κ2) is 8.13. The van der Waals surface area contributed by atoms with Crippen molar-refractivity contribution in [1.82, 2.24) is 9.88 Å². The monoisotopic (exact) mass is 426 g/mol. The summed E-state index contributed by atoms with van der Waals surface area (Å²) in [7, 11) is 0. The average molecular weight is 426 g/mol. The zero-order valence-electron chi connectivity index (χ0n) is 17.7. The number of rotatable bonds is 3. The lowest BCUT2D eigenvalue weighted by Crippen LogP contribution is -2.39. The molecule has 0 atom stereocenters. The highest BCUT2D eigenvalue weighted by Gasteiger charge is 2.24. The zero-order valence-corrected chi connectivity index (χ0v) is 17.7. The van der Waals surface area contributed by atoms with Crippen LogP contribution in [0.5, 0.6) is 0 Å². The minimum Gasteiger partial charge on any atom is -0.444 e. The van der Waals surface area contributed by atoms with Gasteiger partial charge in [-0.15, -0.1) is 0 Å². The molecule has 7 heteroatoms. The third-order valence-corrected chi connectivity index (χ3v) is 5.03. The summed E-state index contributed by atoms with van der Waals surface area (Å²) in [5, 5.41) is 0. The van der Waals surface area contributed by atoms with Crippen LogP contribution in [0.15, 0.2) is 53.0 Å². The predicted octanol–water partition coefficient (Wildman–Crippen LogP) is 6.46. The Balaban J connectivity index is 1.51. The van der Waals surface area contributed by atoms with Crippen LogP contribution in [-0.4, -0.2) is 34.7 Å². The van der Waals surface area contributed by atoms with Gasteiger partial charge in [0.2, 0.25) is 5.89 Å². The quantitative estimate of drug-likeness (QED) is 0.482. The molecule has 1 amide bonds. The van der Waals surface area contributed by atoms with Crippen LogP contribution in [0.1, 0.15) is 44.7 Å². The van der Waals surface area contributed by atoms with Gasteiger partial charge in [0, 0.05) is 24.2 Å². The van der Waals surface area contributed by atoms with E-state index in [0.717, 1.165) is 11.1 Å². The Labute approximate surface area is 179 Å². The molecule has 2 heterocycles. The first kappa shape index (κ1) is 21.0. The molecule has 0 saturated carbocycles. The number of hydrogen-bond acceptors (Lipinski definition) is 4. The van der Waals surface area contributed by atoms with Gasteiger partial charge in [-0.1, -0.05) is 24.3 Å². The standard InChI is InChI=1S/C24H24F2N2O3/c1-24(2,3)31-23(29)28-12-10-15(11-13-28)18-8-9-19-20(14-18)30-22(27-19)17-6-4-16(5-7-17)21(25)26/h4-10,14,21H,11-13H2,1-3H3. The van der Waals surface area contributed by atoms with E-state index < -0.39 is 12.0 Å². The van der Waals surface area contributed by atoms with Crippen molar-refractivity contribution in [2.75, 3.05) is 13.1 Å². The van der Waals surface area contributed by atoms with Crippen LogP contribution in [0.3, 0.4) is 0 Å². The number of alkyl halides is 2. The molecule has 0 unspecified atom stereocenters. The van der Waals surface area contributed by atoms with Gasteiger partial charge < -0.3 is 14.1 Å². The summed E-state index contributed by atoms with van der Waals surface area (Å²) in [4.78, 5) is 18.4. The molecule has 1 aliphatic rings. The van der Waals surface area contributed by atoms with Gasteiger partial charge >= 0.3 is 6.09 Å². The number of ether oxygens (including phenoxy) is 1. The Morgan fingerprint density at radius 2 is 1.84 bits per heavy atom. The Morgan fingerprint density at radius 3 is 2.45 bits per heavy atom. The molecular weight excluding hydrogens is 402 g/mol. The van der Waals surface area contributed by atoms with Gasteiger partial charge in [0.05, 0.1) is 0 Å². The van der Waals surface area contributed by atoms with Crippen molar-refractivity contribution in [2.24, 2.45) is 0 Å². The van der Waals surface area contributed by atoms with Gasteiger partial charge in [-0.3, -0.25) is 0 Å². The Bertz CT molecular complexity index is 1130. The SMILES string of the molecule is CC(C)(C)OC(=O)N1CC=C(c2ccc3nc(-c4ccc(C(F)F)cc4)oc3c2)CC1. The van der Waals surface area contributed by atoms with E-state index in [1.165, 1.54) is 12.1 Å². The lowest BCUT2D eigenvalue weighted by molar-refractivity contribution is 0.0270. The van der Waals surface area contributed by atoms with Crippen LogP contribution < -0.4 is 0 Å². The van der Waals surface area contributed by atoms with Crippen LogP contribution in [0.4, 0.5) is 13.6 Å². The Kier molecular flexibility index (Phi) is 5.52. The molecule has 0 spiro atoms. The van der Waals surface area contributed by atoms with E-state index in [1.807, 2.05) is 45.0 Å². The normalized spacial score (nSPS) is 14.8. The Hall–Kier alpha value is -3.22. The highest BCUT2D eigenvalue weighted by Crippen LogP contribution is 2.30. The molecule has 5 nitrogen and oxygen atoms in total. The Morgan fingerprint density at radius 1 is 1.13 bits per heavy atom. The van der Waals surface area contributed by atoms with Crippen LogP contribution in [-0.2, 0) is 4.74 Å². The largest absolute Gasteiger partial charge is 0.444 e. The molecule has 0 N–H and O–H groups in total. The van der Waals surface area contributed by atoms with Crippen molar-refractivity contribution < 1.29 is 22.7 Å². The molecule has 4 rings (SSSR count). The lowest BCUT2D eigenvalue weighted by Gasteiger charge is -2.29. The number of carbonyl (C=O) groups excluding carboxylic acids is 1. The van der Waals surface area contributed by atoms with E-state index in [9.17, 15) is 13.6 Å². The molecule has 1 aromatic heterocycles. The number of benzene rings is 2. The van der Waals surface area contributed by atoms with Gasteiger partial charge in [-0.2, -0.15) is 0 Å². The third-order valence-electron chi connectivity index (χ3n) is 5.03. The van der Waals surface area contributed by atoms with E-state index in [0.29, 0.717) is 42.1 Å². The summed E-state index contributed by atoms with van der Waals surface area (Å²) in [6.07, 6.45) is -0.0818. The fraction of sp³-hybridized carbons (Fsp3) is 0.333. The first-order chi connectivity index (χ1) is 14.7. The summed E-state index contributed by atoms with van der Waals surface area (Å²) < 4.78 is 36.8. The minimum atomic E-state index is -2.50.